The first-order chi connectivity index (χ1) is 24.3. The Bertz CT molecular complexity index is 2580. The van der Waals surface area contributed by atoms with Crippen molar-refractivity contribution in [3.8, 4) is 22.3 Å². The maximum atomic E-state index is 6.83. The quantitative estimate of drug-likeness (QED) is 0.137. The van der Waals surface area contributed by atoms with E-state index in [1.54, 1.807) is 0 Å². The molecule has 3 heterocycles. The molecule has 0 amide bonds. The lowest BCUT2D eigenvalue weighted by Crippen LogP contribution is -2.41. The van der Waals surface area contributed by atoms with Gasteiger partial charge < -0.3 is 9.31 Å². The van der Waals surface area contributed by atoms with Gasteiger partial charge in [0.1, 0.15) is 0 Å². The zero-order valence-electron chi connectivity index (χ0n) is 30.2. The molecule has 51 heavy (non-hydrogen) atoms. The van der Waals surface area contributed by atoms with Crippen molar-refractivity contribution in [3.05, 3.63) is 136 Å². The van der Waals surface area contributed by atoms with E-state index < -0.39 is 7.12 Å². The van der Waals surface area contributed by atoms with Gasteiger partial charge in [-0.1, -0.05) is 110 Å². The molecule has 1 aliphatic carbocycles. The molecule has 2 aliphatic rings. The van der Waals surface area contributed by atoms with E-state index in [4.69, 9.17) is 30.9 Å². The van der Waals surface area contributed by atoms with Gasteiger partial charge >= 0.3 is 7.12 Å². The Kier molecular flexibility index (Phi) is 7.12. The van der Waals surface area contributed by atoms with Gasteiger partial charge in [0, 0.05) is 34.0 Å². The molecule has 9 rings (SSSR count). The van der Waals surface area contributed by atoms with E-state index in [-0.39, 0.29) is 16.6 Å². The monoisotopic (exact) mass is 686 g/mol. The highest BCUT2D eigenvalue weighted by Crippen LogP contribution is 2.52. The van der Waals surface area contributed by atoms with Crippen LogP contribution in [0.15, 0.2) is 103 Å². The van der Waals surface area contributed by atoms with Gasteiger partial charge in [-0.3, -0.25) is 9.97 Å². The minimum Gasteiger partial charge on any atom is -0.399 e. The average Bonchev–Trinajstić information content (AvgIpc) is 3.47. The van der Waals surface area contributed by atoms with Crippen LogP contribution in [0.2, 0.25) is 5.02 Å². The van der Waals surface area contributed by atoms with Gasteiger partial charge in [0.25, 0.3) is 0 Å². The van der Waals surface area contributed by atoms with Crippen molar-refractivity contribution in [3.63, 3.8) is 0 Å². The highest BCUT2D eigenvalue weighted by atomic mass is 35.5. The van der Waals surface area contributed by atoms with Gasteiger partial charge in [0.2, 0.25) is 0 Å². The zero-order valence-corrected chi connectivity index (χ0v) is 30.9. The van der Waals surface area contributed by atoms with E-state index in [2.05, 4.69) is 126 Å². The summed E-state index contributed by atoms with van der Waals surface area (Å²) < 4.78 is 12.8. The van der Waals surface area contributed by atoms with Gasteiger partial charge in [0.05, 0.1) is 27.3 Å². The van der Waals surface area contributed by atoms with Gasteiger partial charge in [0.15, 0.2) is 0 Å². The summed E-state index contributed by atoms with van der Waals surface area (Å²) >= 11 is 6.83. The molecule has 0 unspecified atom stereocenters. The summed E-state index contributed by atoms with van der Waals surface area (Å²) in [6, 6.07) is 37.3. The molecule has 0 N–H and O–H groups in total. The maximum Gasteiger partial charge on any atom is 0.494 e. The number of fused-ring (bicyclic) bond motifs is 8. The number of hydrogen-bond acceptors (Lipinski definition) is 4. The maximum absolute atomic E-state index is 6.83. The molecule has 0 saturated carbocycles. The molecule has 7 aromatic rings. The summed E-state index contributed by atoms with van der Waals surface area (Å²) in [4.78, 5) is 9.92. The van der Waals surface area contributed by atoms with Gasteiger partial charge in [-0.15, -0.1) is 0 Å². The number of aryl methyl sites for hydroxylation is 1. The Labute approximate surface area is 305 Å². The number of nitrogens with zero attached hydrogens (tertiary/aromatic N) is 2. The molecule has 6 heteroatoms. The Morgan fingerprint density at radius 3 is 2.18 bits per heavy atom. The third-order valence-corrected chi connectivity index (χ3v) is 11.9. The molecule has 0 radical (unpaired) electrons. The SMILES string of the molecule is Cc1ccc2ccc3c(Cl)cc(Cc4ccc5c6c(ccc5c4)C(C)(C)c4cc(-c5cccc(B7OC(C)(C)C(C)(C)O7)c5)ccc4-6)nc3c2n1. The highest BCUT2D eigenvalue weighted by Gasteiger charge is 2.51. The fourth-order valence-electron chi connectivity index (χ4n) is 8.02. The lowest BCUT2D eigenvalue weighted by Gasteiger charge is -2.32. The molecule has 252 valence electrons. The van der Waals surface area contributed by atoms with Crippen molar-refractivity contribution in [2.75, 3.05) is 0 Å². The first-order valence-corrected chi connectivity index (χ1v) is 18.2. The van der Waals surface area contributed by atoms with Crippen LogP contribution in [-0.2, 0) is 21.1 Å². The summed E-state index contributed by atoms with van der Waals surface area (Å²) in [5.74, 6) is 0. The first kappa shape index (κ1) is 32.4. The number of halogens is 1. The number of rotatable bonds is 4. The van der Waals surface area contributed by atoms with Crippen molar-refractivity contribution < 1.29 is 9.31 Å². The molecule has 0 spiro atoms. The second-order valence-electron chi connectivity index (χ2n) is 15.9. The van der Waals surface area contributed by atoms with Crippen molar-refractivity contribution >= 4 is 56.8 Å². The zero-order chi connectivity index (χ0) is 35.4. The minimum atomic E-state index is -0.392. The van der Waals surface area contributed by atoms with Crippen LogP contribution in [-0.4, -0.2) is 28.3 Å². The van der Waals surface area contributed by atoms with Crippen molar-refractivity contribution in [2.24, 2.45) is 0 Å². The Balaban J connectivity index is 1.06. The second kappa shape index (κ2) is 11.2. The minimum absolute atomic E-state index is 0.141. The average molecular weight is 687 g/mol. The molecule has 1 saturated heterocycles. The molecular formula is C45H40BClN2O2. The number of pyridine rings is 2. The Morgan fingerprint density at radius 2 is 1.37 bits per heavy atom. The van der Waals surface area contributed by atoms with Crippen LogP contribution in [0.25, 0.3) is 54.8 Å². The van der Waals surface area contributed by atoms with Gasteiger partial charge in [-0.2, -0.15) is 0 Å². The Hall–Kier alpha value is -4.55. The van der Waals surface area contributed by atoms with Gasteiger partial charge in [-0.05, 0) is 108 Å². The van der Waals surface area contributed by atoms with Gasteiger partial charge in [-0.25, -0.2) is 0 Å². The van der Waals surface area contributed by atoms with Crippen LogP contribution in [0, 0.1) is 6.92 Å². The lowest BCUT2D eigenvalue weighted by molar-refractivity contribution is 0.00578. The molecule has 4 nitrogen and oxygen atoms in total. The van der Waals surface area contributed by atoms with Crippen LogP contribution >= 0.6 is 11.6 Å². The summed E-state index contributed by atoms with van der Waals surface area (Å²) in [6.07, 6.45) is 0.682. The summed E-state index contributed by atoms with van der Waals surface area (Å²) in [6.45, 7) is 15.1. The summed E-state index contributed by atoms with van der Waals surface area (Å²) in [7, 11) is -0.392. The normalized spacial score (nSPS) is 17.0. The standard InChI is InChI=1S/C45H40BClN2O2/c1-26-11-13-28-14-19-36-39(47)25-33(49-42(36)41(28)48-26)22-27-12-17-34-31(21-27)16-20-37-40(34)35-18-15-30(24-38(35)43(37,2)3)29-9-8-10-32(23-29)46-50-44(4,5)45(6,7)51-46/h8-21,23-25H,22H2,1-7H3. The lowest BCUT2D eigenvalue weighted by atomic mass is 9.77. The van der Waals surface area contributed by atoms with E-state index in [0.29, 0.717) is 11.4 Å². The predicted octanol–water partition coefficient (Wildman–Crippen LogP) is 10.8. The van der Waals surface area contributed by atoms with Crippen LogP contribution in [0.1, 0.15) is 69.6 Å². The highest BCUT2D eigenvalue weighted by molar-refractivity contribution is 6.62. The third-order valence-electron chi connectivity index (χ3n) is 11.6. The third kappa shape index (κ3) is 5.12. The molecule has 1 fully saturated rings. The van der Waals surface area contributed by atoms with Crippen LogP contribution in [0.5, 0.6) is 0 Å². The van der Waals surface area contributed by atoms with Crippen LogP contribution in [0.3, 0.4) is 0 Å². The molecule has 0 atom stereocenters. The fourth-order valence-corrected chi connectivity index (χ4v) is 8.30. The van der Waals surface area contributed by atoms with E-state index in [1.807, 2.05) is 25.1 Å². The molecule has 1 aliphatic heterocycles. The molecular weight excluding hydrogens is 647 g/mol. The van der Waals surface area contributed by atoms with E-state index in [9.17, 15) is 0 Å². The molecule has 0 bridgehead atoms. The largest absolute Gasteiger partial charge is 0.494 e. The Morgan fingerprint density at radius 1 is 0.647 bits per heavy atom. The van der Waals surface area contributed by atoms with E-state index in [1.165, 1.54) is 44.2 Å². The second-order valence-corrected chi connectivity index (χ2v) is 16.3. The van der Waals surface area contributed by atoms with Crippen LogP contribution in [0.4, 0.5) is 0 Å². The fraction of sp³-hybridized carbons (Fsp3) is 0.244. The molecule has 5 aromatic carbocycles. The predicted molar refractivity (Wildman–Crippen MR) is 212 cm³/mol. The van der Waals surface area contributed by atoms with Crippen molar-refractivity contribution in [2.45, 2.75) is 71.5 Å². The van der Waals surface area contributed by atoms with Crippen molar-refractivity contribution in [1.82, 2.24) is 9.97 Å². The molecule has 2 aromatic heterocycles. The van der Waals surface area contributed by atoms with E-state index in [0.717, 1.165) is 44.2 Å². The number of aromatic nitrogens is 2. The smallest absolute Gasteiger partial charge is 0.399 e. The summed E-state index contributed by atoms with van der Waals surface area (Å²) in [5, 5.41) is 5.20. The number of hydrogen-bond donors (Lipinski definition) is 0. The number of benzene rings is 5. The first-order valence-electron chi connectivity index (χ1n) is 17.8. The van der Waals surface area contributed by atoms with Crippen LogP contribution < -0.4 is 5.46 Å². The summed E-state index contributed by atoms with van der Waals surface area (Å²) in [5.41, 5.74) is 12.7. The van der Waals surface area contributed by atoms with Crippen molar-refractivity contribution in [1.29, 1.82) is 0 Å². The van der Waals surface area contributed by atoms with E-state index >= 15 is 0 Å². The topological polar surface area (TPSA) is 44.2 Å².